The van der Waals surface area contributed by atoms with Gasteiger partial charge in [-0.2, -0.15) is 5.10 Å². The largest absolute Gasteiger partial charge is 0.370 e. The first kappa shape index (κ1) is 16.2. The molecule has 3 aromatic rings. The maximum absolute atomic E-state index is 11.6. The zero-order valence-electron chi connectivity index (χ0n) is 14.0. The van der Waals surface area contributed by atoms with Gasteiger partial charge in [-0.25, -0.2) is 19.3 Å². The molecular formula is C17H22N6O. The van der Waals surface area contributed by atoms with E-state index >= 15 is 0 Å². The number of aromatic amines is 1. The standard InChI is InChI=1S/C17H22N6O/c1-13-19-15(11-16-20-21-17(24)23(13)16)18-9-6-10-22(2)12-14-7-4-3-5-8-14/h3-5,7-8,11,18H,6,9-10,12H2,1-2H3,(H,21,24). The molecule has 0 fully saturated rings. The number of fused-ring (bicyclic) bond motifs is 1. The highest BCUT2D eigenvalue weighted by Gasteiger charge is 2.06. The van der Waals surface area contributed by atoms with Crippen LogP contribution in [0.4, 0.5) is 5.82 Å². The van der Waals surface area contributed by atoms with E-state index in [2.05, 4.69) is 56.7 Å². The molecule has 0 bridgehead atoms. The molecule has 2 heterocycles. The molecule has 0 atom stereocenters. The Morgan fingerprint density at radius 3 is 2.88 bits per heavy atom. The van der Waals surface area contributed by atoms with E-state index in [0.717, 1.165) is 31.9 Å². The highest BCUT2D eigenvalue weighted by Crippen LogP contribution is 2.08. The van der Waals surface area contributed by atoms with Crippen LogP contribution in [0.1, 0.15) is 17.8 Å². The molecule has 0 radical (unpaired) electrons. The fourth-order valence-corrected chi connectivity index (χ4v) is 2.73. The van der Waals surface area contributed by atoms with Crippen LogP contribution < -0.4 is 11.0 Å². The number of rotatable bonds is 7. The Labute approximate surface area is 140 Å². The maximum atomic E-state index is 11.6. The Morgan fingerprint density at radius 2 is 2.08 bits per heavy atom. The van der Waals surface area contributed by atoms with Crippen molar-refractivity contribution < 1.29 is 0 Å². The molecule has 0 aliphatic carbocycles. The molecule has 7 heteroatoms. The monoisotopic (exact) mass is 326 g/mol. The zero-order chi connectivity index (χ0) is 16.9. The summed E-state index contributed by atoms with van der Waals surface area (Å²) in [5.74, 6) is 1.36. The number of nitrogens with zero attached hydrogens (tertiary/aromatic N) is 4. The molecule has 7 nitrogen and oxygen atoms in total. The summed E-state index contributed by atoms with van der Waals surface area (Å²) in [5, 5.41) is 9.71. The summed E-state index contributed by atoms with van der Waals surface area (Å²) >= 11 is 0. The van der Waals surface area contributed by atoms with E-state index in [1.54, 1.807) is 13.0 Å². The van der Waals surface area contributed by atoms with E-state index < -0.39 is 0 Å². The SMILES string of the molecule is Cc1nc(NCCCN(C)Cc2ccccc2)cc2n[nH]c(=O)n12. The van der Waals surface area contributed by atoms with Crippen LogP contribution in [0.2, 0.25) is 0 Å². The molecule has 0 aliphatic rings. The van der Waals surface area contributed by atoms with Gasteiger partial charge in [-0.05, 0) is 32.5 Å². The van der Waals surface area contributed by atoms with Crippen molar-refractivity contribution in [3.8, 4) is 0 Å². The third-order valence-electron chi connectivity index (χ3n) is 3.89. The van der Waals surface area contributed by atoms with Gasteiger partial charge in [0.25, 0.3) is 0 Å². The molecule has 0 amide bonds. The average molecular weight is 326 g/mol. The first-order valence-electron chi connectivity index (χ1n) is 8.04. The Balaban J connectivity index is 1.49. The van der Waals surface area contributed by atoms with E-state index in [4.69, 9.17) is 0 Å². The van der Waals surface area contributed by atoms with Crippen LogP contribution in [0.3, 0.4) is 0 Å². The number of anilines is 1. The summed E-state index contributed by atoms with van der Waals surface area (Å²) in [6.45, 7) is 4.55. The molecule has 0 unspecified atom stereocenters. The minimum absolute atomic E-state index is 0.260. The van der Waals surface area contributed by atoms with Gasteiger partial charge in [0.1, 0.15) is 11.6 Å². The molecule has 0 spiro atoms. The third kappa shape index (κ3) is 3.80. The van der Waals surface area contributed by atoms with E-state index in [-0.39, 0.29) is 5.69 Å². The lowest BCUT2D eigenvalue weighted by atomic mass is 10.2. The smallest absolute Gasteiger partial charge is 0.349 e. The van der Waals surface area contributed by atoms with Crippen molar-refractivity contribution in [3.63, 3.8) is 0 Å². The lowest BCUT2D eigenvalue weighted by Crippen LogP contribution is -2.21. The molecule has 0 aliphatic heterocycles. The second kappa shape index (κ2) is 7.27. The molecule has 0 saturated heterocycles. The second-order valence-electron chi connectivity index (χ2n) is 5.91. The Bertz CT molecular complexity index is 854. The van der Waals surface area contributed by atoms with Crippen molar-refractivity contribution in [1.82, 2.24) is 24.5 Å². The fourth-order valence-electron chi connectivity index (χ4n) is 2.73. The van der Waals surface area contributed by atoms with Gasteiger partial charge in [0.2, 0.25) is 0 Å². The van der Waals surface area contributed by atoms with Gasteiger partial charge >= 0.3 is 5.69 Å². The number of benzene rings is 1. The number of hydrogen-bond acceptors (Lipinski definition) is 5. The van der Waals surface area contributed by atoms with Crippen molar-refractivity contribution in [2.45, 2.75) is 19.9 Å². The summed E-state index contributed by atoms with van der Waals surface area (Å²) in [5.41, 5.74) is 1.64. The van der Waals surface area contributed by atoms with Crippen LogP contribution in [0.5, 0.6) is 0 Å². The summed E-state index contributed by atoms with van der Waals surface area (Å²) in [4.78, 5) is 18.3. The number of aromatic nitrogens is 4. The van der Waals surface area contributed by atoms with Crippen molar-refractivity contribution >= 4 is 11.5 Å². The Morgan fingerprint density at radius 1 is 1.29 bits per heavy atom. The fraction of sp³-hybridized carbons (Fsp3) is 0.353. The van der Waals surface area contributed by atoms with Crippen LogP contribution in [-0.4, -0.2) is 44.6 Å². The average Bonchev–Trinajstić information content (AvgIpc) is 2.94. The van der Waals surface area contributed by atoms with Crippen LogP contribution in [0.15, 0.2) is 41.2 Å². The topological polar surface area (TPSA) is 78.3 Å². The molecular weight excluding hydrogens is 304 g/mol. The van der Waals surface area contributed by atoms with Gasteiger partial charge in [0, 0.05) is 19.2 Å². The van der Waals surface area contributed by atoms with Crippen LogP contribution in [0, 0.1) is 6.92 Å². The summed E-state index contributed by atoms with van der Waals surface area (Å²) in [7, 11) is 2.12. The number of hydrogen-bond donors (Lipinski definition) is 2. The van der Waals surface area contributed by atoms with E-state index in [1.165, 1.54) is 9.96 Å². The van der Waals surface area contributed by atoms with Gasteiger partial charge in [-0.15, -0.1) is 0 Å². The highest BCUT2D eigenvalue weighted by atomic mass is 16.1. The molecule has 1 aromatic carbocycles. The number of nitrogens with one attached hydrogen (secondary N) is 2. The van der Waals surface area contributed by atoms with Gasteiger partial charge in [0.05, 0.1) is 0 Å². The van der Waals surface area contributed by atoms with Crippen molar-refractivity contribution in [2.75, 3.05) is 25.5 Å². The van der Waals surface area contributed by atoms with Gasteiger partial charge < -0.3 is 10.2 Å². The predicted molar refractivity (Wildman–Crippen MR) is 94.2 cm³/mol. The first-order chi connectivity index (χ1) is 11.6. The Hall–Kier alpha value is -2.67. The van der Waals surface area contributed by atoms with E-state index in [9.17, 15) is 4.79 Å². The summed E-state index contributed by atoms with van der Waals surface area (Å²) < 4.78 is 1.46. The number of H-pyrrole nitrogens is 1. The van der Waals surface area contributed by atoms with Crippen LogP contribution in [-0.2, 0) is 6.54 Å². The molecule has 0 saturated carbocycles. The third-order valence-corrected chi connectivity index (χ3v) is 3.89. The van der Waals surface area contributed by atoms with Gasteiger partial charge in [-0.1, -0.05) is 30.3 Å². The lowest BCUT2D eigenvalue weighted by molar-refractivity contribution is 0.325. The lowest BCUT2D eigenvalue weighted by Gasteiger charge is -2.17. The quantitative estimate of drug-likeness (QED) is 0.646. The zero-order valence-corrected chi connectivity index (χ0v) is 14.0. The molecule has 2 aromatic heterocycles. The normalized spacial score (nSPS) is 11.3. The van der Waals surface area contributed by atoms with Gasteiger partial charge in [0.15, 0.2) is 5.65 Å². The second-order valence-corrected chi connectivity index (χ2v) is 5.91. The first-order valence-corrected chi connectivity index (χ1v) is 8.04. The van der Waals surface area contributed by atoms with E-state index in [1.807, 2.05) is 6.07 Å². The Kier molecular flexibility index (Phi) is 4.90. The van der Waals surface area contributed by atoms with E-state index in [0.29, 0.717) is 11.5 Å². The maximum Gasteiger partial charge on any atom is 0.349 e. The number of aryl methyl sites for hydroxylation is 1. The van der Waals surface area contributed by atoms with Crippen molar-refractivity contribution in [1.29, 1.82) is 0 Å². The van der Waals surface area contributed by atoms with Crippen LogP contribution >= 0.6 is 0 Å². The molecule has 24 heavy (non-hydrogen) atoms. The van der Waals surface area contributed by atoms with Gasteiger partial charge in [-0.3, -0.25) is 0 Å². The molecule has 2 N–H and O–H groups in total. The highest BCUT2D eigenvalue weighted by molar-refractivity contribution is 5.49. The van der Waals surface area contributed by atoms with Crippen molar-refractivity contribution in [2.24, 2.45) is 0 Å². The van der Waals surface area contributed by atoms with Crippen LogP contribution in [0.25, 0.3) is 5.65 Å². The minimum Gasteiger partial charge on any atom is -0.370 e. The summed E-state index contributed by atoms with van der Waals surface area (Å²) in [6, 6.07) is 12.2. The minimum atomic E-state index is -0.260. The summed E-state index contributed by atoms with van der Waals surface area (Å²) in [6.07, 6.45) is 1.00. The molecule has 126 valence electrons. The molecule has 3 rings (SSSR count). The van der Waals surface area contributed by atoms with Crippen molar-refractivity contribution in [3.05, 3.63) is 58.3 Å². The predicted octanol–water partition coefficient (Wildman–Crippen LogP) is 1.66.